The molecule has 0 aromatic heterocycles. The summed E-state index contributed by atoms with van der Waals surface area (Å²) in [6.45, 7) is 3.63. The smallest absolute Gasteiger partial charge is 0.224 e. The summed E-state index contributed by atoms with van der Waals surface area (Å²) in [6, 6.07) is 5.41. The van der Waals surface area contributed by atoms with Crippen molar-refractivity contribution in [2.45, 2.75) is 25.8 Å². The van der Waals surface area contributed by atoms with Crippen molar-refractivity contribution >= 4 is 28.9 Å². The lowest BCUT2D eigenvalue weighted by Gasteiger charge is -2.23. The van der Waals surface area contributed by atoms with E-state index in [1.807, 2.05) is 7.05 Å². The molecule has 6 heteroatoms. The normalized spacial score (nSPS) is 12.4. The molecule has 0 aliphatic heterocycles. The van der Waals surface area contributed by atoms with Crippen molar-refractivity contribution in [2.24, 2.45) is 0 Å². The summed E-state index contributed by atoms with van der Waals surface area (Å²) in [5.41, 5.74) is 6.83. The highest BCUT2D eigenvalue weighted by Gasteiger charge is 2.09. The van der Waals surface area contributed by atoms with Gasteiger partial charge in [-0.05, 0) is 45.1 Å². The van der Waals surface area contributed by atoms with E-state index in [-0.39, 0.29) is 5.91 Å². The lowest BCUT2D eigenvalue weighted by Crippen LogP contribution is -2.33. The van der Waals surface area contributed by atoms with E-state index in [9.17, 15) is 4.79 Å². The molecule has 0 saturated carbocycles. The predicted octanol–water partition coefficient (Wildman–Crippen LogP) is 2.61. The van der Waals surface area contributed by atoms with Crippen LogP contribution >= 0.6 is 11.6 Å². The van der Waals surface area contributed by atoms with Gasteiger partial charge in [0.1, 0.15) is 0 Å². The number of amides is 1. The number of benzene rings is 1. The number of nitrogens with zero attached hydrogens (tertiary/aromatic N) is 1. The molecule has 0 heterocycles. The molecule has 5 nitrogen and oxygen atoms in total. The summed E-state index contributed by atoms with van der Waals surface area (Å²) in [4.78, 5) is 14.0. The molecule has 3 N–H and O–H groups in total. The quantitative estimate of drug-likeness (QED) is 0.724. The Hall–Kier alpha value is -1.30. The molecule has 0 radical (unpaired) electrons. The van der Waals surface area contributed by atoms with E-state index < -0.39 is 0 Å². The Morgan fingerprint density at radius 2 is 2.24 bits per heavy atom. The molecule has 1 aromatic carbocycles. The summed E-state index contributed by atoms with van der Waals surface area (Å²) < 4.78 is 5.11. The number of nitrogen functional groups attached to an aromatic ring is 1. The van der Waals surface area contributed by atoms with Crippen molar-refractivity contribution in [3.05, 3.63) is 23.2 Å². The number of hydrogen-bond donors (Lipinski definition) is 2. The van der Waals surface area contributed by atoms with Crippen molar-refractivity contribution in [1.82, 2.24) is 4.90 Å². The number of halogens is 1. The average Bonchev–Trinajstić information content (AvgIpc) is 2.43. The number of rotatable bonds is 8. The first-order valence-corrected chi connectivity index (χ1v) is 7.36. The lowest BCUT2D eigenvalue weighted by atomic mass is 10.2. The molecule has 0 bridgehead atoms. The first-order valence-electron chi connectivity index (χ1n) is 6.98. The zero-order chi connectivity index (χ0) is 15.8. The molecule has 0 aliphatic rings. The summed E-state index contributed by atoms with van der Waals surface area (Å²) in [7, 11) is 3.72. The number of nitrogens with one attached hydrogen (secondary N) is 1. The number of carbonyl (C=O) groups is 1. The summed E-state index contributed by atoms with van der Waals surface area (Å²) in [5.74, 6) is -0.0236. The van der Waals surface area contributed by atoms with Gasteiger partial charge in [0, 0.05) is 25.3 Å². The molecular formula is C15H24ClN3O2. The largest absolute Gasteiger partial charge is 0.397 e. The standard InChI is InChI=1S/C15H24ClN3O2/c1-11(10-21-3)19(2)8-4-5-15(20)18-12-6-7-13(16)14(17)9-12/h6-7,9,11H,4-5,8,10,17H2,1-3H3,(H,18,20). The van der Waals surface area contributed by atoms with Crippen molar-refractivity contribution in [2.75, 3.05) is 38.4 Å². The molecule has 1 atom stereocenters. The Labute approximate surface area is 131 Å². The van der Waals surface area contributed by atoms with E-state index in [2.05, 4.69) is 17.1 Å². The minimum absolute atomic E-state index is 0.0236. The number of carbonyl (C=O) groups excluding carboxylic acids is 1. The van der Waals surface area contributed by atoms with Crippen molar-refractivity contribution < 1.29 is 9.53 Å². The molecule has 1 rings (SSSR count). The third-order valence-corrected chi connectivity index (χ3v) is 3.70. The Morgan fingerprint density at radius 1 is 1.52 bits per heavy atom. The van der Waals surface area contributed by atoms with Crippen LogP contribution in [-0.2, 0) is 9.53 Å². The minimum Gasteiger partial charge on any atom is -0.397 e. The summed E-state index contributed by atoms with van der Waals surface area (Å²) >= 11 is 5.84. The second kappa shape index (κ2) is 8.87. The fourth-order valence-corrected chi connectivity index (χ4v) is 2.04. The molecule has 0 spiro atoms. The van der Waals surface area contributed by atoms with Gasteiger partial charge in [-0.15, -0.1) is 0 Å². The molecule has 1 amide bonds. The number of nitrogens with two attached hydrogens (primary N) is 1. The number of anilines is 2. The minimum atomic E-state index is -0.0236. The maximum Gasteiger partial charge on any atom is 0.224 e. The Bertz CT molecular complexity index is 468. The van der Waals surface area contributed by atoms with Gasteiger partial charge in [0.05, 0.1) is 17.3 Å². The molecule has 118 valence electrons. The molecule has 0 aliphatic carbocycles. The lowest BCUT2D eigenvalue weighted by molar-refractivity contribution is -0.116. The molecule has 0 fully saturated rings. The second-order valence-electron chi connectivity index (χ2n) is 5.17. The van der Waals surface area contributed by atoms with Crippen LogP contribution in [0, 0.1) is 0 Å². The van der Waals surface area contributed by atoms with Gasteiger partial charge in [-0.3, -0.25) is 4.79 Å². The van der Waals surface area contributed by atoms with Crippen LogP contribution < -0.4 is 11.1 Å². The topological polar surface area (TPSA) is 67.6 Å². The predicted molar refractivity (Wildman–Crippen MR) is 87.7 cm³/mol. The maximum absolute atomic E-state index is 11.9. The van der Waals surface area contributed by atoms with E-state index in [0.29, 0.717) is 35.5 Å². The highest BCUT2D eigenvalue weighted by molar-refractivity contribution is 6.33. The number of ether oxygens (including phenoxy) is 1. The van der Waals surface area contributed by atoms with Crippen molar-refractivity contribution in [1.29, 1.82) is 0 Å². The van der Waals surface area contributed by atoms with Crippen LogP contribution in [0.5, 0.6) is 0 Å². The Balaban J connectivity index is 2.32. The molecule has 0 saturated heterocycles. The van der Waals surface area contributed by atoms with Gasteiger partial charge in [0.25, 0.3) is 0 Å². The van der Waals surface area contributed by atoms with Crippen LogP contribution in [-0.4, -0.2) is 44.2 Å². The summed E-state index contributed by atoms with van der Waals surface area (Å²) in [5, 5.41) is 3.31. The van der Waals surface area contributed by atoms with Gasteiger partial charge < -0.3 is 20.7 Å². The third-order valence-electron chi connectivity index (χ3n) is 3.35. The van der Waals surface area contributed by atoms with Crippen LogP contribution in [0.1, 0.15) is 19.8 Å². The zero-order valence-corrected chi connectivity index (χ0v) is 13.6. The van der Waals surface area contributed by atoms with E-state index in [1.54, 1.807) is 25.3 Å². The van der Waals surface area contributed by atoms with Gasteiger partial charge in [0.2, 0.25) is 5.91 Å². The monoisotopic (exact) mass is 313 g/mol. The van der Waals surface area contributed by atoms with Gasteiger partial charge in [-0.25, -0.2) is 0 Å². The van der Waals surface area contributed by atoms with Crippen molar-refractivity contribution in [3.8, 4) is 0 Å². The Kier molecular flexibility index (Phi) is 7.50. The number of hydrogen-bond acceptors (Lipinski definition) is 4. The summed E-state index contributed by atoms with van der Waals surface area (Å²) in [6.07, 6.45) is 1.26. The van der Waals surface area contributed by atoms with Crippen LogP contribution in [0.3, 0.4) is 0 Å². The highest BCUT2D eigenvalue weighted by Crippen LogP contribution is 2.22. The molecule has 1 aromatic rings. The molecule has 1 unspecified atom stereocenters. The van der Waals surface area contributed by atoms with E-state index in [0.717, 1.165) is 13.0 Å². The van der Waals surface area contributed by atoms with Crippen LogP contribution in [0.4, 0.5) is 11.4 Å². The fraction of sp³-hybridized carbons (Fsp3) is 0.533. The van der Waals surface area contributed by atoms with E-state index >= 15 is 0 Å². The second-order valence-corrected chi connectivity index (χ2v) is 5.58. The average molecular weight is 314 g/mol. The SMILES string of the molecule is COCC(C)N(C)CCCC(=O)Nc1ccc(Cl)c(N)c1. The van der Waals surface area contributed by atoms with Gasteiger partial charge in [-0.1, -0.05) is 11.6 Å². The van der Waals surface area contributed by atoms with E-state index in [1.165, 1.54) is 0 Å². The zero-order valence-electron chi connectivity index (χ0n) is 12.9. The fourth-order valence-electron chi connectivity index (χ4n) is 1.92. The molecular weight excluding hydrogens is 290 g/mol. The van der Waals surface area contributed by atoms with Crippen LogP contribution in [0.2, 0.25) is 5.02 Å². The van der Waals surface area contributed by atoms with Crippen molar-refractivity contribution in [3.63, 3.8) is 0 Å². The van der Waals surface area contributed by atoms with Gasteiger partial charge >= 0.3 is 0 Å². The van der Waals surface area contributed by atoms with Gasteiger partial charge in [0.15, 0.2) is 0 Å². The number of likely N-dealkylation sites (N-methyl/N-ethyl adjacent to an activating group) is 1. The maximum atomic E-state index is 11.9. The molecule has 21 heavy (non-hydrogen) atoms. The van der Waals surface area contributed by atoms with Crippen LogP contribution in [0.15, 0.2) is 18.2 Å². The highest BCUT2D eigenvalue weighted by atomic mass is 35.5. The third kappa shape index (κ3) is 6.33. The van der Waals surface area contributed by atoms with E-state index in [4.69, 9.17) is 22.1 Å². The first-order chi connectivity index (χ1) is 9.93. The van der Waals surface area contributed by atoms with Gasteiger partial charge in [-0.2, -0.15) is 0 Å². The Morgan fingerprint density at radius 3 is 2.86 bits per heavy atom. The number of methoxy groups -OCH3 is 1. The van der Waals surface area contributed by atoms with Crippen LogP contribution in [0.25, 0.3) is 0 Å². The first kappa shape index (κ1) is 17.8.